The Hall–Kier alpha value is -1.41. The van der Waals surface area contributed by atoms with Crippen LogP contribution in [0.3, 0.4) is 0 Å². The molecule has 1 aromatic carbocycles. The van der Waals surface area contributed by atoms with Gasteiger partial charge in [-0.1, -0.05) is 32.3 Å². The van der Waals surface area contributed by atoms with Gasteiger partial charge >= 0.3 is 0 Å². The third kappa shape index (κ3) is 9.68. The van der Waals surface area contributed by atoms with Crippen LogP contribution >= 0.6 is 0 Å². The average Bonchev–Trinajstić information content (AvgIpc) is 2.84. The van der Waals surface area contributed by atoms with Gasteiger partial charge in [0, 0.05) is 26.2 Å². The third-order valence-corrected chi connectivity index (χ3v) is 8.58. The number of nitrogens with zero attached hydrogens (tertiary/aromatic N) is 2. The van der Waals surface area contributed by atoms with Crippen LogP contribution in [0.25, 0.3) is 0 Å². The molecule has 0 amide bonds. The van der Waals surface area contributed by atoms with Gasteiger partial charge in [-0.05, 0) is 82.8 Å². The Labute approximate surface area is 208 Å². The number of sulfonamides is 1. The van der Waals surface area contributed by atoms with Gasteiger partial charge < -0.3 is 14.4 Å². The fourth-order valence-corrected chi connectivity index (χ4v) is 5.80. The molecule has 1 aliphatic rings. The minimum Gasteiger partial charge on any atom is -0.494 e. The summed E-state index contributed by atoms with van der Waals surface area (Å²) >= 11 is 0. The van der Waals surface area contributed by atoms with Crippen molar-refractivity contribution in [2.45, 2.75) is 88.2 Å². The van der Waals surface area contributed by atoms with Gasteiger partial charge in [0.25, 0.3) is 0 Å². The second-order valence-electron chi connectivity index (χ2n) is 9.46. The molecular weight excluding hydrogens is 448 g/mol. The van der Waals surface area contributed by atoms with Crippen molar-refractivity contribution >= 4 is 10.0 Å². The predicted octanol–water partition coefficient (Wildman–Crippen LogP) is 5.49. The molecule has 34 heavy (non-hydrogen) atoms. The van der Waals surface area contributed by atoms with Crippen molar-refractivity contribution in [2.24, 2.45) is 0 Å². The summed E-state index contributed by atoms with van der Waals surface area (Å²) < 4.78 is 39.5. The number of unbranched alkanes of at least 4 members (excludes halogenated alkanes) is 4. The van der Waals surface area contributed by atoms with E-state index in [0.717, 1.165) is 64.6 Å². The van der Waals surface area contributed by atoms with Crippen molar-refractivity contribution in [1.29, 1.82) is 0 Å². The van der Waals surface area contributed by atoms with Crippen LogP contribution in [0.4, 0.5) is 0 Å². The lowest BCUT2D eigenvalue weighted by Gasteiger charge is -2.34. The number of ether oxygens (including phenoxy) is 2. The fourth-order valence-electron chi connectivity index (χ4n) is 4.38. The van der Waals surface area contributed by atoms with Gasteiger partial charge in [-0.2, -0.15) is 4.31 Å². The van der Waals surface area contributed by atoms with E-state index in [2.05, 4.69) is 25.5 Å². The summed E-state index contributed by atoms with van der Waals surface area (Å²) in [5.74, 6) is 0.716. The Balaban J connectivity index is 1.67. The monoisotopic (exact) mass is 494 g/mol. The molecule has 0 saturated heterocycles. The van der Waals surface area contributed by atoms with Crippen LogP contribution in [0.1, 0.15) is 71.1 Å². The molecule has 0 heterocycles. The largest absolute Gasteiger partial charge is 0.494 e. The van der Waals surface area contributed by atoms with Gasteiger partial charge in [0.1, 0.15) is 5.75 Å². The first-order chi connectivity index (χ1) is 16.4. The summed E-state index contributed by atoms with van der Waals surface area (Å²) in [6.45, 7) is 9.41. The first-order valence-electron chi connectivity index (χ1n) is 13.0. The van der Waals surface area contributed by atoms with E-state index in [-0.39, 0.29) is 12.1 Å². The third-order valence-electron chi connectivity index (χ3n) is 6.65. The summed E-state index contributed by atoms with van der Waals surface area (Å²) in [4.78, 5) is 2.61. The van der Waals surface area contributed by atoms with Crippen LogP contribution in [0.2, 0.25) is 0 Å². The molecule has 1 saturated carbocycles. The lowest BCUT2D eigenvalue weighted by Crippen LogP contribution is -2.40. The first kappa shape index (κ1) is 28.8. The van der Waals surface area contributed by atoms with Gasteiger partial charge in [0.2, 0.25) is 10.0 Å². The fraction of sp³-hybridized carbons (Fsp3) is 0.704. The van der Waals surface area contributed by atoms with Gasteiger partial charge in [-0.3, -0.25) is 0 Å². The van der Waals surface area contributed by atoms with Crippen LogP contribution in [-0.2, 0) is 14.8 Å². The summed E-state index contributed by atoms with van der Waals surface area (Å²) in [7, 11) is 0.327. The van der Waals surface area contributed by atoms with Crippen LogP contribution in [0.15, 0.2) is 41.8 Å². The van der Waals surface area contributed by atoms with Crippen molar-refractivity contribution in [1.82, 2.24) is 9.21 Å². The SMILES string of the molecule is C=CCN(C)CCCCCCO[C@H]1CC[C@H](N(C)S(=O)(=O)c2ccc(OCCCC)cc2)CC1. The Bertz CT molecular complexity index is 789. The Morgan fingerprint density at radius 2 is 1.65 bits per heavy atom. The molecule has 7 heteroatoms. The molecule has 0 bridgehead atoms. The Morgan fingerprint density at radius 1 is 0.971 bits per heavy atom. The lowest BCUT2D eigenvalue weighted by atomic mass is 9.93. The van der Waals surface area contributed by atoms with Gasteiger partial charge in [-0.15, -0.1) is 6.58 Å². The maximum atomic E-state index is 13.1. The molecule has 1 aliphatic carbocycles. The minimum atomic E-state index is -3.51. The molecule has 1 aromatic rings. The van der Waals surface area contributed by atoms with Gasteiger partial charge in [-0.25, -0.2) is 8.42 Å². The molecular formula is C27H46N2O4S. The predicted molar refractivity (Wildman–Crippen MR) is 140 cm³/mol. The molecule has 0 unspecified atom stereocenters. The topological polar surface area (TPSA) is 59.1 Å². The zero-order valence-electron chi connectivity index (χ0n) is 21.6. The zero-order chi connectivity index (χ0) is 24.8. The molecule has 0 radical (unpaired) electrons. The number of likely N-dealkylation sites (N-methyl/N-ethyl adjacent to an activating group) is 1. The maximum absolute atomic E-state index is 13.1. The van der Waals surface area contributed by atoms with Gasteiger partial charge in [0.15, 0.2) is 0 Å². The van der Waals surface area contributed by atoms with E-state index in [9.17, 15) is 8.42 Å². The van der Waals surface area contributed by atoms with Crippen molar-refractivity contribution in [3.8, 4) is 5.75 Å². The molecule has 0 N–H and O–H groups in total. The summed E-state index contributed by atoms with van der Waals surface area (Å²) in [6.07, 6.45) is 12.5. The average molecular weight is 495 g/mol. The van der Waals surface area contributed by atoms with E-state index in [4.69, 9.17) is 9.47 Å². The number of hydrogen-bond acceptors (Lipinski definition) is 5. The highest BCUT2D eigenvalue weighted by Crippen LogP contribution is 2.29. The number of benzene rings is 1. The summed E-state index contributed by atoms with van der Waals surface area (Å²) in [5, 5.41) is 0. The quantitative estimate of drug-likeness (QED) is 0.212. The molecule has 0 spiro atoms. The molecule has 0 aliphatic heterocycles. The van der Waals surface area contributed by atoms with Crippen LogP contribution in [0, 0.1) is 0 Å². The van der Waals surface area contributed by atoms with Crippen LogP contribution < -0.4 is 4.74 Å². The second-order valence-corrected chi connectivity index (χ2v) is 11.5. The normalized spacial score (nSPS) is 19.0. The smallest absolute Gasteiger partial charge is 0.243 e. The summed E-state index contributed by atoms with van der Waals surface area (Å²) in [5.41, 5.74) is 0. The van der Waals surface area contributed by atoms with Crippen molar-refractivity contribution in [3.63, 3.8) is 0 Å². The van der Waals surface area contributed by atoms with E-state index in [0.29, 0.717) is 17.3 Å². The molecule has 2 rings (SSSR count). The van der Waals surface area contributed by atoms with E-state index < -0.39 is 10.0 Å². The van der Waals surface area contributed by atoms with Crippen molar-refractivity contribution < 1.29 is 17.9 Å². The zero-order valence-corrected chi connectivity index (χ0v) is 22.4. The van der Waals surface area contributed by atoms with E-state index >= 15 is 0 Å². The molecule has 0 aromatic heterocycles. The lowest BCUT2D eigenvalue weighted by molar-refractivity contribution is 0.0156. The molecule has 194 valence electrons. The van der Waals surface area contributed by atoms with E-state index in [1.807, 2.05) is 6.08 Å². The highest BCUT2D eigenvalue weighted by atomic mass is 32.2. The second kappa shape index (κ2) is 15.6. The first-order valence-corrected chi connectivity index (χ1v) is 14.4. The van der Waals surface area contributed by atoms with Gasteiger partial charge in [0.05, 0.1) is 17.6 Å². The van der Waals surface area contributed by atoms with Crippen molar-refractivity contribution in [2.75, 3.05) is 40.4 Å². The Morgan fingerprint density at radius 3 is 2.29 bits per heavy atom. The molecule has 6 nitrogen and oxygen atoms in total. The highest BCUT2D eigenvalue weighted by Gasteiger charge is 2.31. The van der Waals surface area contributed by atoms with Crippen LogP contribution in [0.5, 0.6) is 5.75 Å². The number of rotatable bonds is 17. The number of hydrogen-bond donors (Lipinski definition) is 0. The van der Waals surface area contributed by atoms with Crippen molar-refractivity contribution in [3.05, 3.63) is 36.9 Å². The van der Waals surface area contributed by atoms with E-state index in [1.165, 1.54) is 19.3 Å². The highest BCUT2D eigenvalue weighted by molar-refractivity contribution is 7.89. The molecule has 1 fully saturated rings. The molecule has 0 atom stereocenters. The van der Waals surface area contributed by atoms with E-state index in [1.54, 1.807) is 35.6 Å². The maximum Gasteiger partial charge on any atom is 0.243 e. The summed E-state index contributed by atoms with van der Waals surface area (Å²) in [6, 6.07) is 6.83. The van der Waals surface area contributed by atoms with Crippen LogP contribution in [-0.4, -0.2) is 70.2 Å². The standard InChI is InChI=1S/C27H46N2O4S/c1-5-7-22-32-26-16-18-27(19-17-26)34(30,31)29(4)24-12-14-25(15-13-24)33-23-11-9-8-10-21-28(3)20-6-2/h6,16-19,24-25H,2,5,7-15,20-23H2,1,3-4H3/t24-,25-. The Kier molecular flexibility index (Phi) is 13.2. The minimum absolute atomic E-state index is 0.0258.